The number of anilines is 1. The first-order chi connectivity index (χ1) is 10.5. The molecule has 0 aromatic heterocycles. The maximum atomic E-state index is 12.6. The summed E-state index contributed by atoms with van der Waals surface area (Å²) in [6, 6.07) is 4.28. The molecule has 0 atom stereocenters. The minimum atomic E-state index is -1.05. The van der Waals surface area contributed by atoms with E-state index in [1.165, 1.54) is 18.2 Å². The number of nitrogens with one attached hydrogen (secondary N) is 1. The van der Waals surface area contributed by atoms with Crippen molar-refractivity contribution >= 4 is 29.2 Å². The number of amides is 1. The number of nitrogens with zero attached hydrogens (tertiary/aromatic N) is 1. The van der Waals surface area contributed by atoms with Crippen molar-refractivity contribution in [2.75, 3.05) is 31.6 Å². The van der Waals surface area contributed by atoms with Crippen molar-refractivity contribution in [3.63, 3.8) is 0 Å². The molecule has 118 valence electrons. The van der Waals surface area contributed by atoms with Crippen molar-refractivity contribution in [2.24, 2.45) is 0 Å². The van der Waals surface area contributed by atoms with Gasteiger partial charge in [0.25, 0.3) is 0 Å². The van der Waals surface area contributed by atoms with Crippen molar-refractivity contribution in [3.8, 4) is 0 Å². The number of carboxylic acid groups (broad SMARTS) is 1. The Morgan fingerprint density at radius 2 is 1.95 bits per heavy atom. The highest BCUT2D eigenvalue weighted by Crippen LogP contribution is 2.43. The van der Waals surface area contributed by atoms with Crippen LogP contribution >= 0.6 is 11.6 Å². The van der Waals surface area contributed by atoms with E-state index in [0.717, 1.165) is 25.9 Å². The molecule has 6 nitrogen and oxygen atoms in total. The number of hydrogen-bond donors (Lipinski definition) is 2. The second-order valence-corrected chi connectivity index (χ2v) is 5.99. The average molecular weight is 325 g/mol. The zero-order valence-electron chi connectivity index (χ0n) is 12.0. The molecule has 2 fully saturated rings. The molecule has 2 aliphatic rings. The molecule has 1 saturated heterocycles. The van der Waals surface area contributed by atoms with Gasteiger partial charge in [-0.25, -0.2) is 4.79 Å². The Morgan fingerprint density at radius 1 is 1.27 bits per heavy atom. The molecule has 1 amide bonds. The first-order valence-electron chi connectivity index (χ1n) is 7.20. The second-order valence-electron chi connectivity index (χ2n) is 5.58. The predicted molar refractivity (Wildman–Crippen MR) is 81.4 cm³/mol. The number of carbonyl (C=O) groups is 2. The van der Waals surface area contributed by atoms with Gasteiger partial charge in [-0.1, -0.05) is 11.6 Å². The lowest BCUT2D eigenvalue weighted by molar-refractivity contribution is -0.124. The molecule has 2 N–H and O–H groups in total. The fourth-order valence-corrected chi connectivity index (χ4v) is 2.95. The van der Waals surface area contributed by atoms with Crippen LogP contribution in [0.1, 0.15) is 23.2 Å². The van der Waals surface area contributed by atoms with Crippen LogP contribution < -0.4 is 5.32 Å². The van der Waals surface area contributed by atoms with Crippen LogP contribution in [0.15, 0.2) is 18.2 Å². The molecule has 3 rings (SSSR count). The number of hydrogen-bond acceptors (Lipinski definition) is 4. The van der Waals surface area contributed by atoms with Crippen LogP contribution in [0.2, 0.25) is 5.02 Å². The third kappa shape index (κ3) is 2.82. The average Bonchev–Trinajstić information content (AvgIpc) is 3.32. The first kappa shape index (κ1) is 15.3. The summed E-state index contributed by atoms with van der Waals surface area (Å²) < 4.78 is 5.32. The monoisotopic (exact) mass is 324 g/mol. The predicted octanol–water partition coefficient (Wildman–Crippen LogP) is 1.84. The minimum absolute atomic E-state index is 0.0934. The van der Waals surface area contributed by atoms with Crippen molar-refractivity contribution in [3.05, 3.63) is 28.8 Å². The van der Waals surface area contributed by atoms with E-state index >= 15 is 0 Å². The highest BCUT2D eigenvalue weighted by atomic mass is 35.5. The van der Waals surface area contributed by atoms with Crippen molar-refractivity contribution in [1.29, 1.82) is 0 Å². The molecule has 1 saturated carbocycles. The Balaban J connectivity index is 1.76. The quantitative estimate of drug-likeness (QED) is 0.883. The SMILES string of the molecule is O=C(O)c1ccc(Cl)c(NC(=O)C2(N3CCOCC3)CC2)c1. The van der Waals surface area contributed by atoms with Gasteiger partial charge in [0.1, 0.15) is 5.54 Å². The molecule has 1 aromatic carbocycles. The normalized spacial score (nSPS) is 20.4. The van der Waals surface area contributed by atoms with E-state index in [-0.39, 0.29) is 11.5 Å². The maximum absolute atomic E-state index is 12.6. The van der Waals surface area contributed by atoms with Crippen LogP contribution in [0.25, 0.3) is 0 Å². The zero-order valence-corrected chi connectivity index (χ0v) is 12.7. The van der Waals surface area contributed by atoms with Gasteiger partial charge in [0.15, 0.2) is 0 Å². The molecule has 0 unspecified atom stereocenters. The largest absolute Gasteiger partial charge is 0.478 e. The summed E-state index contributed by atoms with van der Waals surface area (Å²) in [5.41, 5.74) is -0.0613. The summed E-state index contributed by atoms with van der Waals surface area (Å²) in [5, 5.41) is 12.2. The molecular weight excluding hydrogens is 308 g/mol. The van der Waals surface area contributed by atoms with E-state index in [4.69, 9.17) is 21.4 Å². The van der Waals surface area contributed by atoms with Crippen LogP contribution in [-0.4, -0.2) is 53.7 Å². The van der Waals surface area contributed by atoms with Crippen LogP contribution in [0, 0.1) is 0 Å². The van der Waals surface area contributed by atoms with Crippen LogP contribution in [0.4, 0.5) is 5.69 Å². The smallest absolute Gasteiger partial charge is 0.335 e. The third-order valence-electron chi connectivity index (χ3n) is 4.22. The summed E-state index contributed by atoms with van der Waals surface area (Å²) in [6.45, 7) is 2.72. The molecule has 1 aromatic rings. The van der Waals surface area contributed by atoms with E-state index in [2.05, 4.69) is 10.2 Å². The highest BCUT2D eigenvalue weighted by molar-refractivity contribution is 6.34. The molecule has 0 radical (unpaired) electrons. The highest BCUT2D eigenvalue weighted by Gasteiger charge is 2.54. The summed E-state index contributed by atoms with van der Waals surface area (Å²) in [5.74, 6) is -1.18. The second kappa shape index (κ2) is 5.87. The Bertz CT molecular complexity index is 610. The van der Waals surface area contributed by atoms with Crippen LogP contribution in [-0.2, 0) is 9.53 Å². The number of halogens is 1. The molecule has 0 spiro atoms. The fraction of sp³-hybridized carbons (Fsp3) is 0.467. The number of carboxylic acids is 1. The van der Waals surface area contributed by atoms with Gasteiger partial charge in [-0.3, -0.25) is 9.69 Å². The maximum Gasteiger partial charge on any atom is 0.335 e. The molecular formula is C15H17ClN2O4. The molecule has 0 bridgehead atoms. The van der Waals surface area contributed by atoms with E-state index in [0.29, 0.717) is 23.9 Å². The Hall–Kier alpha value is -1.63. The Labute approximate surface area is 133 Å². The lowest BCUT2D eigenvalue weighted by Gasteiger charge is -2.33. The van der Waals surface area contributed by atoms with E-state index in [9.17, 15) is 9.59 Å². The van der Waals surface area contributed by atoms with Gasteiger partial charge in [0.05, 0.1) is 29.5 Å². The van der Waals surface area contributed by atoms with Gasteiger partial charge in [-0.15, -0.1) is 0 Å². The van der Waals surface area contributed by atoms with Gasteiger partial charge >= 0.3 is 5.97 Å². The van der Waals surface area contributed by atoms with E-state index in [1.54, 1.807) is 0 Å². The molecule has 1 heterocycles. The summed E-state index contributed by atoms with van der Waals surface area (Å²) >= 11 is 6.06. The molecule has 1 aliphatic heterocycles. The van der Waals surface area contributed by atoms with Gasteiger partial charge in [0.2, 0.25) is 5.91 Å². The topological polar surface area (TPSA) is 78.9 Å². The van der Waals surface area contributed by atoms with Crippen molar-refractivity contribution in [2.45, 2.75) is 18.4 Å². The van der Waals surface area contributed by atoms with Gasteiger partial charge in [0, 0.05) is 13.1 Å². The molecule has 7 heteroatoms. The van der Waals surface area contributed by atoms with Gasteiger partial charge in [-0.2, -0.15) is 0 Å². The minimum Gasteiger partial charge on any atom is -0.478 e. The summed E-state index contributed by atoms with van der Waals surface area (Å²) in [6.07, 6.45) is 1.60. The van der Waals surface area contributed by atoms with Crippen molar-refractivity contribution < 1.29 is 19.4 Å². The molecule has 22 heavy (non-hydrogen) atoms. The Kier molecular flexibility index (Phi) is 4.08. The molecule has 1 aliphatic carbocycles. The van der Waals surface area contributed by atoms with Crippen LogP contribution in [0.5, 0.6) is 0 Å². The number of ether oxygens (including phenoxy) is 1. The van der Waals surface area contributed by atoms with E-state index < -0.39 is 11.5 Å². The number of benzene rings is 1. The lowest BCUT2D eigenvalue weighted by Crippen LogP contribution is -2.51. The number of morpholine rings is 1. The number of carbonyl (C=O) groups excluding carboxylic acids is 1. The van der Waals surface area contributed by atoms with Crippen LogP contribution in [0.3, 0.4) is 0 Å². The van der Waals surface area contributed by atoms with E-state index in [1.807, 2.05) is 0 Å². The number of aromatic carboxylic acids is 1. The zero-order chi connectivity index (χ0) is 15.7. The fourth-order valence-electron chi connectivity index (χ4n) is 2.79. The standard InChI is InChI=1S/C15H17ClN2O4/c16-11-2-1-10(13(19)20)9-12(11)17-14(21)15(3-4-15)18-5-7-22-8-6-18/h1-2,9H,3-8H2,(H,17,21)(H,19,20). The number of rotatable bonds is 4. The third-order valence-corrected chi connectivity index (χ3v) is 4.55. The Morgan fingerprint density at radius 3 is 2.55 bits per heavy atom. The lowest BCUT2D eigenvalue weighted by atomic mass is 10.1. The van der Waals surface area contributed by atoms with Crippen molar-refractivity contribution in [1.82, 2.24) is 4.90 Å². The van der Waals surface area contributed by atoms with Gasteiger partial charge in [-0.05, 0) is 31.0 Å². The summed E-state index contributed by atoms with van der Waals surface area (Å²) in [7, 11) is 0. The van der Waals surface area contributed by atoms with Gasteiger partial charge < -0.3 is 15.2 Å². The summed E-state index contributed by atoms with van der Waals surface area (Å²) in [4.78, 5) is 25.8. The first-order valence-corrected chi connectivity index (χ1v) is 7.58.